The van der Waals surface area contributed by atoms with Crippen LogP contribution < -0.4 is 10.2 Å². The number of benzene rings is 1. The Hall–Kier alpha value is -2.36. The van der Waals surface area contributed by atoms with Crippen LogP contribution in [0.1, 0.15) is 35.5 Å². The van der Waals surface area contributed by atoms with Gasteiger partial charge in [-0.15, -0.1) is 0 Å². The van der Waals surface area contributed by atoms with E-state index in [1.165, 1.54) is 0 Å². The molecule has 0 fully saturated rings. The minimum Gasteiger partial charge on any atom is -0.371 e. The molecular weight excluding hydrogens is 274 g/mol. The van der Waals surface area contributed by atoms with Crippen LogP contribution in [0.3, 0.4) is 0 Å². The molecule has 1 amide bonds. The minimum absolute atomic E-state index is 0.181. The number of hydrogen-bond acceptors (Lipinski definition) is 3. The molecule has 0 aliphatic carbocycles. The van der Waals surface area contributed by atoms with E-state index in [1.807, 2.05) is 38.1 Å². The van der Waals surface area contributed by atoms with E-state index in [0.29, 0.717) is 5.69 Å². The molecule has 116 valence electrons. The van der Waals surface area contributed by atoms with E-state index in [2.05, 4.69) is 29.0 Å². The molecule has 1 aromatic carbocycles. The third-order valence-electron chi connectivity index (χ3n) is 3.96. The maximum atomic E-state index is 12.3. The highest BCUT2D eigenvalue weighted by molar-refractivity contribution is 6.03. The van der Waals surface area contributed by atoms with Crippen molar-refractivity contribution in [3.05, 3.63) is 53.3 Å². The Kier molecular flexibility index (Phi) is 5.15. The lowest BCUT2D eigenvalue weighted by molar-refractivity contribution is 0.102. The van der Waals surface area contributed by atoms with Gasteiger partial charge in [0, 0.05) is 18.8 Å². The third kappa shape index (κ3) is 3.45. The van der Waals surface area contributed by atoms with E-state index in [1.54, 1.807) is 12.3 Å². The Labute approximate surface area is 132 Å². The zero-order valence-electron chi connectivity index (χ0n) is 13.7. The summed E-state index contributed by atoms with van der Waals surface area (Å²) in [5, 5.41) is 2.93. The second-order valence-corrected chi connectivity index (χ2v) is 5.28. The van der Waals surface area contributed by atoms with Crippen molar-refractivity contribution in [2.45, 2.75) is 27.7 Å². The molecule has 1 heterocycles. The van der Waals surface area contributed by atoms with Gasteiger partial charge in [-0.2, -0.15) is 0 Å². The molecule has 1 N–H and O–H groups in total. The lowest BCUT2D eigenvalue weighted by atomic mass is 10.1. The summed E-state index contributed by atoms with van der Waals surface area (Å²) >= 11 is 0. The molecule has 0 atom stereocenters. The van der Waals surface area contributed by atoms with Gasteiger partial charge < -0.3 is 10.2 Å². The third-order valence-corrected chi connectivity index (χ3v) is 3.96. The van der Waals surface area contributed by atoms with Crippen LogP contribution in [0.25, 0.3) is 0 Å². The number of carbonyl (C=O) groups excluding carboxylic acids is 1. The standard InChI is InChI=1S/C18H23N3O/c1-5-21(6-2)15-10-11-17(19-12-15)18(22)20-16-9-7-8-13(3)14(16)4/h7-12H,5-6H2,1-4H3,(H,20,22). The summed E-state index contributed by atoms with van der Waals surface area (Å²) in [6, 6.07) is 9.59. The zero-order valence-corrected chi connectivity index (χ0v) is 13.7. The molecule has 0 bridgehead atoms. The first-order valence-electron chi connectivity index (χ1n) is 7.65. The highest BCUT2D eigenvalue weighted by atomic mass is 16.1. The van der Waals surface area contributed by atoms with Crippen molar-refractivity contribution in [1.82, 2.24) is 4.98 Å². The first kappa shape index (κ1) is 16.0. The molecule has 0 saturated carbocycles. The number of aromatic nitrogens is 1. The molecule has 0 unspecified atom stereocenters. The predicted molar refractivity (Wildman–Crippen MR) is 91.7 cm³/mol. The van der Waals surface area contributed by atoms with Crippen LogP contribution in [-0.4, -0.2) is 24.0 Å². The average Bonchev–Trinajstić information content (AvgIpc) is 2.53. The highest BCUT2D eigenvalue weighted by Gasteiger charge is 2.11. The maximum Gasteiger partial charge on any atom is 0.274 e. The lowest BCUT2D eigenvalue weighted by Gasteiger charge is -2.20. The van der Waals surface area contributed by atoms with E-state index >= 15 is 0 Å². The van der Waals surface area contributed by atoms with Crippen LogP contribution in [0, 0.1) is 13.8 Å². The van der Waals surface area contributed by atoms with Gasteiger partial charge in [0.2, 0.25) is 0 Å². The molecule has 4 heteroatoms. The quantitative estimate of drug-likeness (QED) is 0.913. The summed E-state index contributed by atoms with van der Waals surface area (Å²) in [6.45, 7) is 10.1. The summed E-state index contributed by atoms with van der Waals surface area (Å²) in [6.07, 6.45) is 1.75. The van der Waals surface area contributed by atoms with Crippen molar-refractivity contribution in [2.75, 3.05) is 23.3 Å². The molecule has 0 spiro atoms. The van der Waals surface area contributed by atoms with Crippen LogP contribution in [0.2, 0.25) is 0 Å². The largest absolute Gasteiger partial charge is 0.371 e. The monoisotopic (exact) mass is 297 g/mol. The van der Waals surface area contributed by atoms with Crippen molar-refractivity contribution in [1.29, 1.82) is 0 Å². The van der Waals surface area contributed by atoms with Crippen molar-refractivity contribution in [3.63, 3.8) is 0 Å². The molecule has 2 aromatic rings. The molecule has 4 nitrogen and oxygen atoms in total. The second kappa shape index (κ2) is 7.07. The molecule has 22 heavy (non-hydrogen) atoms. The van der Waals surface area contributed by atoms with E-state index < -0.39 is 0 Å². The Bertz CT molecular complexity index is 646. The summed E-state index contributed by atoms with van der Waals surface area (Å²) < 4.78 is 0. The summed E-state index contributed by atoms with van der Waals surface area (Å²) in [4.78, 5) is 18.8. The number of rotatable bonds is 5. The van der Waals surface area contributed by atoms with Gasteiger partial charge in [0.15, 0.2) is 0 Å². The molecule has 0 saturated heterocycles. The van der Waals surface area contributed by atoms with Crippen molar-refractivity contribution >= 4 is 17.3 Å². The number of carbonyl (C=O) groups is 1. The molecule has 0 radical (unpaired) electrons. The number of pyridine rings is 1. The Balaban J connectivity index is 2.15. The van der Waals surface area contributed by atoms with Gasteiger partial charge >= 0.3 is 0 Å². The van der Waals surface area contributed by atoms with Crippen molar-refractivity contribution in [2.24, 2.45) is 0 Å². The highest BCUT2D eigenvalue weighted by Crippen LogP contribution is 2.19. The van der Waals surface area contributed by atoms with Gasteiger partial charge in [-0.3, -0.25) is 4.79 Å². The number of nitrogens with one attached hydrogen (secondary N) is 1. The number of hydrogen-bond donors (Lipinski definition) is 1. The van der Waals surface area contributed by atoms with Crippen LogP contribution in [-0.2, 0) is 0 Å². The van der Waals surface area contributed by atoms with Gasteiger partial charge in [-0.1, -0.05) is 12.1 Å². The second-order valence-electron chi connectivity index (χ2n) is 5.28. The number of anilines is 2. The zero-order chi connectivity index (χ0) is 16.1. The maximum absolute atomic E-state index is 12.3. The van der Waals surface area contributed by atoms with E-state index in [0.717, 1.165) is 35.6 Å². The van der Waals surface area contributed by atoms with Crippen molar-refractivity contribution < 1.29 is 4.79 Å². The SMILES string of the molecule is CCN(CC)c1ccc(C(=O)Nc2cccc(C)c2C)nc1. The van der Waals surface area contributed by atoms with E-state index in [-0.39, 0.29) is 5.91 Å². The molecule has 1 aromatic heterocycles. The van der Waals surface area contributed by atoms with Gasteiger partial charge in [0.1, 0.15) is 5.69 Å². The summed E-state index contributed by atoms with van der Waals surface area (Å²) in [5.74, 6) is -0.181. The van der Waals surface area contributed by atoms with Gasteiger partial charge in [0.05, 0.1) is 11.9 Å². The topological polar surface area (TPSA) is 45.2 Å². The van der Waals surface area contributed by atoms with Crippen molar-refractivity contribution in [3.8, 4) is 0 Å². The normalized spacial score (nSPS) is 10.4. The van der Waals surface area contributed by atoms with Gasteiger partial charge in [-0.25, -0.2) is 4.98 Å². The number of aryl methyl sites for hydroxylation is 1. The fourth-order valence-corrected chi connectivity index (χ4v) is 2.37. The summed E-state index contributed by atoms with van der Waals surface area (Å²) in [7, 11) is 0. The lowest BCUT2D eigenvalue weighted by Crippen LogP contribution is -2.22. The fraction of sp³-hybridized carbons (Fsp3) is 0.333. The van der Waals surface area contributed by atoms with Crippen LogP contribution in [0.15, 0.2) is 36.5 Å². The van der Waals surface area contributed by atoms with Crippen LogP contribution in [0.4, 0.5) is 11.4 Å². The van der Waals surface area contributed by atoms with Crippen LogP contribution >= 0.6 is 0 Å². The Morgan fingerprint density at radius 2 is 1.86 bits per heavy atom. The average molecular weight is 297 g/mol. The summed E-state index contributed by atoms with van der Waals surface area (Å²) in [5.41, 5.74) is 4.53. The fourth-order valence-electron chi connectivity index (χ4n) is 2.37. The Morgan fingerprint density at radius 1 is 1.14 bits per heavy atom. The minimum atomic E-state index is -0.181. The molecule has 0 aliphatic heterocycles. The smallest absolute Gasteiger partial charge is 0.274 e. The van der Waals surface area contributed by atoms with Gasteiger partial charge in [-0.05, 0) is 57.0 Å². The predicted octanol–water partition coefficient (Wildman–Crippen LogP) is 3.80. The van der Waals surface area contributed by atoms with Gasteiger partial charge in [0.25, 0.3) is 5.91 Å². The number of amides is 1. The van der Waals surface area contributed by atoms with E-state index in [4.69, 9.17) is 0 Å². The molecular formula is C18H23N3O. The van der Waals surface area contributed by atoms with Crippen LogP contribution in [0.5, 0.6) is 0 Å². The molecule has 2 rings (SSSR count). The number of nitrogens with zero attached hydrogens (tertiary/aromatic N) is 2. The Morgan fingerprint density at radius 3 is 2.45 bits per heavy atom. The first-order chi connectivity index (χ1) is 10.6. The van der Waals surface area contributed by atoms with E-state index in [9.17, 15) is 4.79 Å². The molecule has 0 aliphatic rings. The first-order valence-corrected chi connectivity index (χ1v) is 7.65.